The topological polar surface area (TPSA) is 46.2 Å². The number of rotatable bonds is 6. The number of hydrogen-bond donors (Lipinski definition) is 1. The third-order valence-electron chi connectivity index (χ3n) is 2.51. The van der Waals surface area contributed by atoms with E-state index >= 15 is 0 Å². The van der Waals surface area contributed by atoms with Crippen molar-refractivity contribution in [3.63, 3.8) is 0 Å². The van der Waals surface area contributed by atoms with Gasteiger partial charge in [-0.2, -0.15) is 0 Å². The molecular formula is C12H19NO2S. The van der Waals surface area contributed by atoms with Crippen LogP contribution in [0.2, 0.25) is 0 Å². The zero-order chi connectivity index (χ0) is 12.0. The lowest BCUT2D eigenvalue weighted by Gasteiger charge is -2.15. The molecule has 3 nitrogen and oxygen atoms in total. The van der Waals surface area contributed by atoms with Gasteiger partial charge in [-0.05, 0) is 25.1 Å². The molecule has 90 valence electrons. The molecule has 1 atom stereocenters. The van der Waals surface area contributed by atoms with Gasteiger partial charge in [0.05, 0.1) is 10.6 Å². The smallest absolute Gasteiger partial charge is 0.179 e. The monoisotopic (exact) mass is 241 g/mol. The van der Waals surface area contributed by atoms with Gasteiger partial charge in [0, 0.05) is 6.04 Å². The molecule has 0 saturated carbocycles. The fourth-order valence-corrected chi connectivity index (χ4v) is 3.25. The van der Waals surface area contributed by atoms with Crippen molar-refractivity contribution in [1.82, 2.24) is 5.32 Å². The first-order valence-electron chi connectivity index (χ1n) is 5.61. The van der Waals surface area contributed by atoms with E-state index in [9.17, 15) is 8.42 Å². The molecule has 16 heavy (non-hydrogen) atoms. The Morgan fingerprint density at radius 1 is 1.19 bits per heavy atom. The molecule has 0 amide bonds. The average molecular weight is 241 g/mol. The molecule has 4 heteroatoms. The summed E-state index contributed by atoms with van der Waals surface area (Å²) in [6, 6.07) is 8.65. The number of sulfone groups is 1. The maximum absolute atomic E-state index is 12.0. The van der Waals surface area contributed by atoms with Crippen LogP contribution >= 0.6 is 0 Å². The van der Waals surface area contributed by atoms with Gasteiger partial charge < -0.3 is 5.32 Å². The summed E-state index contributed by atoms with van der Waals surface area (Å²) < 4.78 is 24.1. The summed E-state index contributed by atoms with van der Waals surface area (Å²) in [6.45, 7) is 4.77. The molecule has 1 aromatic rings. The van der Waals surface area contributed by atoms with E-state index in [1.54, 1.807) is 24.3 Å². The fraction of sp³-hybridized carbons (Fsp3) is 0.500. The lowest BCUT2D eigenvalue weighted by atomic mass is 10.2. The van der Waals surface area contributed by atoms with Crippen LogP contribution < -0.4 is 5.32 Å². The molecule has 1 N–H and O–H groups in total. The number of nitrogens with one attached hydrogen (secondary N) is 1. The fourth-order valence-electron chi connectivity index (χ4n) is 1.60. The normalized spacial score (nSPS) is 13.6. The molecule has 0 aliphatic rings. The Bertz CT molecular complexity index is 400. The van der Waals surface area contributed by atoms with Crippen LogP contribution in [0.25, 0.3) is 0 Å². The second kappa shape index (κ2) is 6.01. The van der Waals surface area contributed by atoms with Crippen LogP contribution in [0.15, 0.2) is 35.2 Å². The molecule has 1 rings (SSSR count). The minimum Gasteiger partial charge on any atom is -0.313 e. The molecule has 0 bridgehead atoms. The van der Waals surface area contributed by atoms with E-state index in [0.717, 1.165) is 13.0 Å². The van der Waals surface area contributed by atoms with Crippen molar-refractivity contribution in [3.05, 3.63) is 30.3 Å². The van der Waals surface area contributed by atoms with Gasteiger partial charge in [-0.3, -0.25) is 0 Å². The summed E-state index contributed by atoms with van der Waals surface area (Å²) in [5.74, 6) is 0.168. The standard InChI is InChI=1S/C12H19NO2S/c1-3-11(13-4-2)10-16(14,15)12-8-6-5-7-9-12/h5-9,11,13H,3-4,10H2,1-2H3. The van der Waals surface area contributed by atoms with Crippen molar-refractivity contribution in [3.8, 4) is 0 Å². The second-order valence-corrected chi connectivity index (χ2v) is 5.79. The zero-order valence-electron chi connectivity index (χ0n) is 9.81. The van der Waals surface area contributed by atoms with Gasteiger partial charge in [-0.15, -0.1) is 0 Å². The van der Waals surface area contributed by atoms with Crippen LogP contribution in [0, 0.1) is 0 Å². The summed E-state index contributed by atoms with van der Waals surface area (Å²) in [4.78, 5) is 0.409. The Balaban J connectivity index is 2.79. The Labute approximate surface area is 97.8 Å². The predicted molar refractivity (Wildman–Crippen MR) is 66.3 cm³/mol. The highest BCUT2D eigenvalue weighted by Gasteiger charge is 2.18. The lowest BCUT2D eigenvalue weighted by molar-refractivity contribution is 0.533. The minimum atomic E-state index is -3.16. The second-order valence-electron chi connectivity index (χ2n) is 3.76. The van der Waals surface area contributed by atoms with Crippen LogP contribution in [0.3, 0.4) is 0 Å². The molecular weight excluding hydrogens is 222 g/mol. The third-order valence-corrected chi connectivity index (χ3v) is 4.34. The quantitative estimate of drug-likeness (QED) is 0.826. The summed E-state index contributed by atoms with van der Waals surface area (Å²) in [7, 11) is -3.16. The first-order chi connectivity index (χ1) is 7.60. The minimum absolute atomic E-state index is 0.0372. The van der Waals surface area contributed by atoms with E-state index in [0.29, 0.717) is 4.90 Å². The maximum Gasteiger partial charge on any atom is 0.179 e. The molecule has 1 unspecified atom stereocenters. The highest BCUT2D eigenvalue weighted by Crippen LogP contribution is 2.12. The van der Waals surface area contributed by atoms with Crippen molar-refractivity contribution in [2.24, 2.45) is 0 Å². The largest absolute Gasteiger partial charge is 0.313 e. The van der Waals surface area contributed by atoms with E-state index in [4.69, 9.17) is 0 Å². The lowest BCUT2D eigenvalue weighted by Crippen LogP contribution is -2.34. The van der Waals surface area contributed by atoms with Crippen LogP contribution in [0.1, 0.15) is 20.3 Å². The highest BCUT2D eigenvalue weighted by atomic mass is 32.2. The van der Waals surface area contributed by atoms with Crippen molar-refractivity contribution >= 4 is 9.84 Å². The zero-order valence-corrected chi connectivity index (χ0v) is 10.6. The molecule has 0 aliphatic carbocycles. The summed E-state index contributed by atoms with van der Waals surface area (Å²) in [5.41, 5.74) is 0. The van der Waals surface area contributed by atoms with Crippen LogP contribution in [-0.2, 0) is 9.84 Å². The van der Waals surface area contributed by atoms with E-state index < -0.39 is 9.84 Å². The number of benzene rings is 1. The molecule has 0 aliphatic heterocycles. The molecule has 0 heterocycles. The van der Waals surface area contributed by atoms with E-state index in [1.807, 2.05) is 19.9 Å². The average Bonchev–Trinajstić information content (AvgIpc) is 2.29. The van der Waals surface area contributed by atoms with Gasteiger partial charge in [0.15, 0.2) is 9.84 Å². The summed E-state index contributed by atoms with van der Waals surface area (Å²) >= 11 is 0. The Kier molecular flexibility index (Phi) is 4.96. The van der Waals surface area contributed by atoms with Gasteiger partial charge in [0.1, 0.15) is 0 Å². The van der Waals surface area contributed by atoms with Gasteiger partial charge in [-0.1, -0.05) is 32.0 Å². The Hall–Kier alpha value is -0.870. The SMILES string of the molecule is CCNC(CC)CS(=O)(=O)c1ccccc1. The molecule has 0 saturated heterocycles. The van der Waals surface area contributed by atoms with Gasteiger partial charge in [0.2, 0.25) is 0 Å². The maximum atomic E-state index is 12.0. The molecule has 1 aromatic carbocycles. The van der Waals surface area contributed by atoms with Crippen molar-refractivity contribution in [2.45, 2.75) is 31.2 Å². The van der Waals surface area contributed by atoms with E-state index in [-0.39, 0.29) is 11.8 Å². The Morgan fingerprint density at radius 3 is 2.31 bits per heavy atom. The molecule has 0 spiro atoms. The molecule has 0 aromatic heterocycles. The number of hydrogen-bond acceptors (Lipinski definition) is 3. The van der Waals surface area contributed by atoms with Crippen LogP contribution in [0.4, 0.5) is 0 Å². The molecule has 0 fully saturated rings. The summed E-state index contributed by atoms with van der Waals surface area (Å²) in [5, 5.41) is 3.18. The van der Waals surface area contributed by atoms with Gasteiger partial charge >= 0.3 is 0 Å². The summed E-state index contributed by atoms with van der Waals surface area (Å²) in [6.07, 6.45) is 0.819. The van der Waals surface area contributed by atoms with Crippen molar-refractivity contribution in [1.29, 1.82) is 0 Å². The first-order valence-corrected chi connectivity index (χ1v) is 7.26. The van der Waals surface area contributed by atoms with E-state index in [2.05, 4.69) is 5.32 Å². The van der Waals surface area contributed by atoms with Gasteiger partial charge in [0.25, 0.3) is 0 Å². The van der Waals surface area contributed by atoms with Crippen LogP contribution in [0.5, 0.6) is 0 Å². The van der Waals surface area contributed by atoms with Crippen LogP contribution in [-0.4, -0.2) is 26.8 Å². The van der Waals surface area contributed by atoms with Crippen molar-refractivity contribution < 1.29 is 8.42 Å². The highest BCUT2D eigenvalue weighted by molar-refractivity contribution is 7.91. The Morgan fingerprint density at radius 2 is 1.81 bits per heavy atom. The predicted octanol–water partition coefficient (Wildman–Crippen LogP) is 1.85. The van der Waals surface area contributed by atoms with Crippen molar-refractivity contribution in [2.75, 3.05) is 12.3 Å². The van der Waals surface area contributed by atoms with Gasteiger partial charge in [-0.25, -0.2) is 8.42 Å². The first kappa shape index (κ1) is 13.2. The molecule has 0 radical (unpaired) electrons. The third kappa shape index (κ3) is 3.61. The van der Waals surface area contributed by atoms with E-state index in [1.165, 1.54) is 0 Å².